The molecule has 0 atom stereocenters. The first kappa shape index (κ1) is 12.1. The van der Waals surface area contributed by atoms with E-state index in [1.165, 1.54) is 0 Å². The van der Waals surface area contributed by atoms with E-state index in [0.29, 0.717) is 6.42 Å². The Morgan fingerprint density at radius 3 is 2.22 bits per heavy atom. The largest absolute Gasteiger partial charge is 1.00 e. The van der Waals surface area contributed by atoms with Crippen molar-refractivity contribution in [3.63, 3.8) is 0 Å². The minimum atomic E-state index is -0.982. The standard InChI is InChI=1S/C5H9O3.Na/c1-2-4(6)3-5(7)8;/h6H,2-3H2,1H3,(H,7,8);/q-1;+1. The summed E-state index contributed by atoms with van der Waals surface area (Å²) in [7, 11) is 0. The number of carbonyl (C=O) groups is 1. The zero-order chi connectivity index (χ0) is 6.57. The summed E-state index contributed by atoms with van der Waals surface area (Å²) in [5.41, 5.74) is 0. The first-order chi connectivity index (χ1) is 3.66. The summed E-state index contributed by atoms with van der Waals surface area (Å²) < 4.78 is 0. The third-order valence-electron chi connectivity index (χ3n) is 0.763. The van der Waals surface area contributed by atoms with Crippen molar-refractivity contribution in [2.45, 2.75) is 19.8 Å². The second kappa shape index (κ2) is 6.55. The van der Waals surface area contributed by atoms with Crippen molar-refractivity contribution in [1.29, 1.82) is 0 Å². The van der Waals surface area contributed by atoms with Crippen LogP contribution >= 0.6 is 0 Å². The van der Waals surface area contributed by atoms with Gasteiger partial charge in [0, 0.05) is 0 Å². The molecule has 0 saturated heterocycles. The van der Waals surface area contributed by atoms with E-state index in [1.807, 2.05) is 0 Å². The minimum absolute atomic E-state index is 0. The van der Waals surface area contributed by atoms with Crippen LogP contribution in [0.1, 0.15) is 19.8 Å². The average Bonchev–Trinajstić information content (AvgIpc) is 1.65. The average molecular weight is 140 g/mol. The van der Waals surface area contributed by atoms with Crippen LogP contribution < -0.4 is 29.6 Å². The van der Waals surface area contributed by atoms with Crippen LogP contribution in [0.3, 0.4) is 0 Å². The van der Waals surface area contributed by atoms with Crippen LogP contribution in [-0.4, -0.2) is 16.2 Å². The Balaban J connectivity index is 0. The summed E-state index contributed by atoms with van der Waals surface area (Å²) in [5, 5.41) is 16.6. The van der Waals surface area contributed by atoms with E-state index < -0.39 is 5.97 Å². The number of hydrogen-bond donors (Lipinski definition) is 2. The molecule has 48 valence electrons. The van der Waals surface area contributed by atoms with Crippen LogP contribution in [0.25, 0.3) is 0 Å². The van der Waals surface area contributed by atoms with Gasteiger partial charge in [-0.05, 0) is 0 Å². The van der Waals surface area contributed by atoms with Gasteiger partial charge < -0.3 is 10.2 Å². The van der Waals surface area contributed by atoms with Crippen LogP contribution in [0.2, 0.25) is 0 Å². The van der Waals surface area contributed by atoms with Gasteiger partial charge >= 0.3 is 29.6 Å². The number of carboxylic acid groups (broad SMARTS) is 1. The van der Waals surface area contributed by atoms with Gasteiger partial charge in [-0.15, -0.1) is 0 Å². The van der Waals surface area contributed by atoms with Crippen molar-refractivity contribution < 1.29 is 44.6 Å². The fraction of sp³-hybridized carbons (Fsp3) is 0.600. The number of aliphatic hydroxyl groups excluding tert-OH is 1. The van der Waals surface area contributed by atoms with Crippen molar-refractivity contribution >= 4 is 5.97 Å². The van der Waals surface area contributed by atoms with Crippen molar-refractivity contribution in [2.24, 2.45) is 0 Å². The van der Waals surface area contributed by atoms with E-state index in [-0.39, 0.29) is 42.1 Å². The molecule has 0 aromatic rings. The molecule has 0 saturated carbocycles. The van der Waals surface area contributed by atoms with E-state index in [2.05, 4.69) is 0 Å². The normalized spacial score (nSPS) is 8.78. The van der Waals surface area contributed by atoms with Crippen molar-refractivity contribution in [3.05, 3.63) is 6.10 Å². The quantitative estimate of drug-likeness (QED) is 0.345. The van der Waals surface area contributed by atoms with Crippen LogP contribution in [-0.2, 0) is 4.79 Å². The maximum Gasteiger partial charge on any atom is 1.00 e. The van der Waals surface area contributed by atoms with Gasteiger partial charge in [-0.3, -0.25) is 4.79 Å². The third-order valence-corrected chi connectivity index (χ3v) is 0.763. The van der Waals surface area contributed by atoms with Gasteiger partial charge in [0.15, 0.2) is 0 Å². The summed E-state index contributed by atoms with van der Waals surface area (Å²) in [6.07, 6.45) is 0.223. The van der Waals surface area contributed by atoms with Gasteiger partial charge in [0.2, 0.25) is 0 Å². The number of aliphatic hydroxyl groups is 1. The molecule has 0 rings (SSSR count). The van der Waals surface area contributed by atoms with Crippen LogP contribution in [0.15, 0.2) is 0 Å². The molecule has 0 aliphatic carbocycles. The Labute approximate surface area is 76.4 Å². The third kappa shape index (κ3) is 8.43. The van der Waals surface area contributed by atoms with Gasteiger partial charge in [-0.2, -0.15) is 12.5 Å². The molecular weight excluding hydrogens is 131 g/mol. The van der Waals surface area contributed by atoms with Crippen LogP contribution in [0.4, 0.5) is 0 Å². The Kier molecular flexibility index (Phi) is 8.83. The van der Waals surface area contributed by atoms with Crippen molar-refractivity contribution in [2.75, 3.05) is 0 Å². The number of hydrogen-bond acceptors (Lipinski definition) is 2. The molecule has 0 heterocycles. The molecule has 4 heteroatoms. The van der Waals surface area contributed by atoms with Gasteiger partial charge in [0.05, 0.1) is 0 Å². The Bertz CT molecular complexity index is 84.3. The topological polar surface area (TPSA) is 57.5 Å². The zero-order valence-corrected chi connectivity index (χ0v) is 7.72. The SMILES string of the molecule is CC[C-](O)CC(=O)O.[Na+]. The van der Waals surface area contributed by atoms with Crippen molar-refractivity contribution in [1.82, 2.24) is 0 Å². The second-order valence-corrected chi connectivity index (χ2v) is 1.49. The number of aliphatic carboxylic acids is 1. The number of carboxylic acids is 1. The molecule has 0 bridgehead atoms. The summed E-state index contributed by atoms with van der Waals surface area (Å²) in [5.74, 6) is -0.982. The second-order valence-electron chi connectivity index (χ2n) is 1.49. The molecule has 0 fully saturated rings. The Hall–Kier alpha value is 0.430. The summed E-state index contributed by atoms with van der Waals surface area (Å²) in [4.78, 5) is 9.79. The predicted octanol–water partition coefficient (Wildman–Crippen LogP) is -2.22. The van der Waals surface area contributed by atoms with E-state index in [4.69, 9.17) is 10.2 Å². The Morgan fingerprint density at radius 2 is 2.11 bits per heavy atom. The smallest absolute Gasteiger partial charge is 0.562 e. The molecule has 0 spiro atoms. The van der Waals surface area contributed by atoms with Crippen LogP contribution in [0.5, 0.6) is 0 Å². The van der Waals surface area contributed by atoms with Crippen LogP contribution in [0, 0.1) is 6.10 Å². The molecular formula is C5H9NaO3. The van der Waals surface area contributed by atoms with E-state index >= 15 is 0 Å². The maximum absolute atomic E-state index is 9.79. The molecule has 0 aromatic heterocycles. The molecule has 0 unspecified atom stereocenters. The predicted molar refractivity (Wildman–Crippen MR) is 27.7 cm³/mol. The Morgan fingerprint density at radius 1 is 1.67 bits per heavy atom. The fourth-order valence-corrected chi connectivity index (χ4v) is 0.300. The molecule has 0 aliphatic heterocycles. The van der Waals surface area contributed by atoms with E-state index in [9.17, 15) is 4.79 Å². The van der Waals surface area contributed by atoms with Crippen molar-refractivity contribution in [3.8, 4) is 0 Å². The summed E-state index contributed by atoms with van der Waals surface area (Å²) in [6, 6.07) is 0. The van der Waals surface area contributed by atoms with Gasteiger partial charge in [-0.25, -0.2) is 0 Å². The zero-order valence-electron chi connectivity index (χ0n) is 5.72. The number of rotatable bonds is 3. The first-order valence-corrected chi connectivity index (χ1v) is 2.42. The fourth-order valence-electron chi connectivity index (χ4n) is 0.300. The molecule has 0 radical (unpaired) electrons. The summed E-state index contributed by atoms with van der Waals surface area (Å²) >= 11 is 0. The molecule has 9 heavy (non-hydrogen) atoms. The maximum atomic E-state index is 9.79. The molecule has 2 N–H and O–H groups in total. The molecule has 0 amide bonds. The first-order valence-electron chi connectivity index (χ1n) is 2.42. The molecule has 0 aromatic carbocycles. The van der Waals surface area contributed by atoms with E-state index in [0.717, 1.165) is 0 Å². The van der Waals surface area contributed by atoms with Gasteiger partial charge in [-0.1, -0.05) is 13.3 Å². The molecule has 0 aliphatic rings. The van der Waals surface area contributed by atoms with E-state index in [1.54, 1.807) is 6.92 Å². The minimum Gasteiger partial charge on any atom is -0.562 e. The molecule has 3 nitrogen and oxygen atoms in total. The summed E-state index contributed by atoms with van der Waals surface area (Å²) in [6.45, 7) is 1.71. The van der Waals surface area contributed by atoms with Gasteiger partial charge in [0.1, 0.15) is 0 Å². The van der Waals surface area contributed by atoms with Gasteiger partial charge in [0.25, 0.3) is 5.97 Å². The monoisotopic (exact) mass is 140 g/mol.